The SMILES string of the molecule is Cc1c(C(=O)N2CCC(N3CCCC3C(N)=O)CC2)nnn1-c1cccc2cccnc12. The number of rotatable bonds is 4. The first-order valence-corrected chi connectivity index (χ1v) is 11.2. The number of benzene rings is 1. The van der Waals surface area contributed by atoms with Crippen molar-refractivity contribution < 1.29 is 9.59 Å². The van der Waals surface area contributed by atoms with Gasteiger partial charge in [-0.25, -0.2) is 4.68 Å². The lowest BCUT2D eigenvalue weighted by molar-refractivity contribution is -0.123. The lowest BCUT2D eigenvalue weighted by Gasteiger charge is -2.38. The highest BCUT2D eigenvalue weighted by Crippen LogP contribution is 2.27. The minimum atomic E-state index is -0.240. The van der Waals surface area contributed by atoms with Gasteiger partial charge in [0.1, 0.15) is 0 Å². The summed E-state index contributed by atoms with van der Waals surface area (Å²) >= 11 is 0. The highest BCUT2D eigenvalue weighted by atomic mass is 16.2. The van der Waals surface area contributed by atoms with E-state index in [1.54, 1.807) is 10.9 Å². The van der Waals surface area contributed by atoms with Gasteiger partial charge in [0.15, 0.2) is 5.69 Å². The van der Waals surface area contributed by atoms with Crippen LogP contribution in [0.2, 0.25) is 0 Å². The Morgan fingerprint density at radius 3 is 2.62 bits per heavy atom. The van der Waals surface area contributed by atoms with E-state index in [1.807, 2.05) is 42.2 Å². The molecule has 2 N–H and O–H groups in total. The number of nitrogens with two attached hydrogens (primary N) is 1. The fourth-order valence-electron chi connectivity index (χ4n) is 5.10. The molecular formula is C23H27N7O2. The number of piperidine rings is 1. The number of carbonyl (C=O) groups excluding carboxylic acids is 2. The summed E-state index contributed by atoms with van der Waals surface area (Å²) in [6.07, 6.45) is 5.24. The van der Waals surface area contributed by atoms with Crippen LogP contribution < -0.4 is 5.73 Å². The van der Waals surface area contributed by atoms with E-state index in [2.05, 4.69) is 20.2 Å². The summed E-state index contributed by atoms with van der Waals surface area (Å²) < 4.78 is 1.69. The van der Waals surface area contributed by atoms with Gasteiger partial charge in [0.05, 0.1) is 22.9 Å². The topological polar surface area (TPSA) is 110 Å². The Bertz CT molecular complexity index is 1160. The molecule has 32 heavy (non-hydrogen) atoms. The highest BCUT2D eigenvalue weighted by molar-refractivity contribution is 5.94. The minimum Gasteiger partial charge on any atom is -0.368 e. The zero-order chi connectivity index (χ0) is 22.2. The zero-order valence-electron chi connectivity index (χ0n) is 18.1. The molecule has 1 aromatic carbocycles. The lowest BCUT2D eigenvalue weighted by atomic mass is 10.0. The van der Waals surface area contributed by atoms with E-state index in [-0.39, 0.29) is 23.9 Å². The fraction of sp³-hybridized carbons (Fsp3) is 0.435. The largest absolute Gasteiger partial charge is 0.368 e. The van der Waals surface area contributed by atoms with Crippen molar-refractivity contribution in [2.45, 2.75) is 44.7 Å². The van der Waals surface area contributed by atoms with Crippen molar-refractivity contribution in [2.75, 3.05) is 19.6 Å². The van der Waals surface area contributed by atoms with Gasteiger partial charge in [-0.3, -0.25) is 19.5 Å². The molecule has 0 aliphatic carbocycles. The molecule has 0 saturated carbocycles. The monoisotopic (exact) mass is 433 g/mol. The molecule has 2 aliphatic rings. The molecule has 1 unspecified atom stereocenters. The second kappa shape index (κ2) is 8.31. The first kappa shape index (κ1) is 20.6. The minimum absolute atomic E-state index is 0.103. The summed E-state index contributed by atoms with van der Waals surface area (Å²) in [6, 6.07) is 9.89. The number of pyridine rings is 1. The van der Waals surface area contributed by atoms with Crippen LogP contribution in [0, 0.1) is 6.92 Å². The normalized spacial score (nSPS) is 20.2. The van der Waals surface area contributed by atoms with E-state index < -0.39 is 0 Å². The van der Waals surface area contributed by atoms with E-state index in [0.29, 0.717) is 24.5 Å². The van der Waals surface area contributed by atoms with Gasteiger partial charge in [0.2, 0.25) is 5.91 Å². The van der Waals surface area contributed by atoms with Crippen LogP contribution in [-0.4, -0.2) is 73.3 Å². The molecule has 2 fully saturated rings. The maximum Gasteiger partial charge on any atom is 0.276 e. The van der Waals surface area contributed by atoms with Crippen LogP contribution in [0.4, 0.5) is 0 Å². The molecule has 4 heterocycles. The van der Waals surface area contributed by atoms with Crippen molar-refractivity contribution in [3.05, 3.63) is 47.9 Å². The number of primary amides is 1. The van der Waals surface area contributed by atoms with Gasteiger partial charge in [0, 0.05) is 30.7 Å². The number of likely N-dealkylation sites (tertiary alicyclic amines) is 2. The van der Waals surface area contributed by atoms with Gasteiger partial charge in [-0.05, 0) is 51.3 Å². The molecule has 0 spiro atoms. The zero-order valence-corrected chi connectivity index (χ0v) is 18.1. The fourth-order valence-corrected chi connectivity index (χ4v) is 5.10. The van der Waals surface area contributed by atoms with Gasteiger partial charge < -0.3 is 10.6 Å². The molecule has 2 amide bonds. The third-order valence-electron chi connectivity index (χ3n) is 6.78. The number of para-hydroxylation sites is 1. The molecular weight excluding hydrogens is 406 g/mol. The van der Waals surface area contributed by atoms with Crippen molar-refractivity contribution >= 4 is 22.7 Å². The Labute approximate surface area is 186 Å². The van der Waals surface area contributed by atoms with E-state index in [1.165, 1.54) is 0 Å². The van der Waals surface area contributed by atoms with Crippen molar-refractivity contribution in [3.63, 3.8) is 0 Å². The van der Waals surface area contributed by atoms with E-state index in [4.69, 9.17) is 5.73 Å². The van der Waals surface area contributed by atoms with E-state index >= 15 is 0 Å². The standard InChI is InChI=1S/C23H27N7O2/c1-15-20(26-27-30(15)18-7-2-5-16-6-3-11-25-21(16)18)23(32)28-13-9-17(10-14-28)29-12-4-8-19(29)22(24)31/h2-3,5-7,11,17,19H,4,8-10,12-14H2,1H3,(H2,24,31). The first-order valence-electron chi connectivity index (χ1n) is 11.2. The predicted octanol–water partition coefficient (Wildman–Crippen LogP) is 1.68. The number of amides is 2. The van der Waals surface area contributed by atoms with Crippen LogP contribution in [0.3, 0.4) is 0 Å². The van der Waals surface area contributed by atoms with Crippen LogP contribution in [0.25, 0.3) is 16.6 Å². The third kappa shape index (κ3) is 3.52. The van der Waals surface area contributed by atoms with E-state index in [9.17, 15) is 9.59 Å². The van der Waals surface area contributed by atoms with Crippen LogP contribution in [0.1, 0.15) is 41.9 Å². The Kier molecular flexibility index (Phi) is 5.34. The van der Waals surface area contributed by atoms with Crippen LogP contribution in [0.15, 0.2) is 36.5 Å². The maximum atomic E-state index is 13.2. The summed E-state index contributed by atoms with van der Waals surface area (Å²) in [5.74, 6) is -0.343. The van der Waals surface area contributed by atoms with Crippen LogP contribution in [0.5, 0.6) is 0 Å². The Hall–Kier alpha value is -3.33. The number of carbonyl (C=O) groups is 2. The smallest absolute Gasteiger partial charge is 0.276 e. The molecule has 2 aliphatic heterocycles. The molecule has 1 atom stereocenters. The number of hydrogen-bond acceptors (Lipinski definition) is 6. The van der Waals surface area contributed by atoms with E-state index in [0.717, 1.165) is 48.8 Å². The van der Waals surface area contributed by atoms with Gasteiger partial charge in [-0.2, -0.15) is 0 Å². The number of nitrogens with zero attached hydrogens (tertiary/aromatic N) is 6. The first-order chi connectivity index (χ1) is 15.5. The average molecular weight is 434 g/mol. The van der Waals surface area contributed by atoms with Gasteiger partial charge in [-0.1, -0.05) is 23.4 Å². The molecule has 166 valence electrons. The Morgan fingerprint density at radius 1 is 1.06 bits per heavy atom. The van der Waals surface area contributed by atoms with Crippen LogP contribution in [-0.2, 0) is 4.79 Å². The van der Waals surface area contributed by atoms with Crippen molar-refractivity contribution in [1.29, 1.82) is 0 Å². The molecule has 2 aromatic heterocycles. The molecule has 0 bridgehead atoms. The van der Waals surface area contributed by atoms with Crippen LogP contribution >= 0.6 is 0 Å². The Morgan fingerprint density at radius 2 is 1.84 bits per heavy atom. The highest BCUT2D eigenvalue weighted by Gasteiger charge is 2.37. The average Bonchev–Trinajstić information content (AvgIpc) is 3.46. The Balaban J connectivity index is 1.32. The third-order valence-corrected chi connectivity index (χ3v) is 6.78. The molecule has 3 aromatic rings. The van der Waals surface area contributed by atoms with Crippen molar-refractivity contribution in [1.82, 2.24) is 29.8 Å². The number of hydrogen-bond donors (Lipinski definition) is 1. The summed E-state index contributed by atoms with van der Waals surface area (Å²) in [6.45, 7) is 4.03. The van der Waals surface area contributed by atoms with Gasteiger partial charge in [0.25, 0.3) is 5.91 Å². The quantitative estimate of drug-likeness (QED) is 0.670. The van der Waals surface area contributed by atoms with Gasteiger partial charge in [-0.15, -0.1) is 5.10 Å². The van der Waals surface area contributed by atoms with Crippen molar-refractivity contribution in [3.8, 4) is 5.69 Å². The van der Waals surface area contributed by atoms with Crippen molar-refractivity contribution in [2.24, 2.45) is 5.73 Å². The lowest BCUT2D eigenvalue weighted by Crippen LogP contribution is -2.51. The summed E-state index contributed by atoms with van der Waals surface area (Å²) in [7, 11) is 0. The molecule has 9 nitrogen and oxygen atoms in total. The molecule has 9 heteroatoms. The molecule has 2 saturated heterocycles. The summed E-state index contributed by atoms with van der Waals surface area (Å²) in [5.41, 5.74) is 8.27. The summed E-state index contributed by atoms with van der Waals surface area (Å²) in [5, 5.41) is 9.51. The maximum absolute atomic E-state index is 13.2. The number of fused-ring (bicyclic) bond motifs is 1. The second-order valence-corrected chi connectivity index (χ2v) is 8.61. The molecule has 5 rings (SSSR count). The van der Waals surface area contributed by atoms with Gasteiger partial charge >= 0.3 is 0 Å². The molecule has 0 radical (unpaired) electrons. The second-order valence-electron chi connectivity index (χ2n) is 8.61. The number of aromatic nitrogens is 4. The predicted molar refractivity (Wildman–Crippen MR) is 119 cm³/mol. The summed E-state index contributed by atoms with van der Waals surface area (Å²) in [4.78, 5) is 33.5.